The van der Waals surface area contributed by atoms with Crippen LogP contribution >= 0.6 is 0 Å². The smallest absolute Gasteiger partial charge is 0.240 e. The lowest BCUT2D eigenvalue weighted by atomic mass is 10.1. The lowest BCUT2D eigenvalue weighted by Crippen LogP contribution is -2.52. The van der Waals surface area contributed by atoms with Gasteiger partial charge >= 0.3 is 0 Å². The third kappa shape index (κ3) is 2.81. The average molecular weight is 218 g/mol. The van der Waals surface area contributed by atoms with Gasteiger partial charge in [-0.15, -0.1) is 0 Å². The Morgan fingerprint density at radius 3 is 2.50 bits per heavy atom. The summed E-state index contributed by atoms with van der Waals surface area (Å²) in [6.45, 7) is 3.13. The van der Waals surface area contributed by atoms with E-state index in [-0.39, 0.29) is 11.7 Å². The van der Waals surface area contributed by atoms with Crippen LogP contribution in [0.5, 0.6) is 0 Å². The second kappa shape index (κ2) is 3.36. The summed E-state index contributed by atoms with van der Waals surface area (Å²) >= 11 is 0. The number of hydrogen-bond donors (Lipinski definition) is 2. The molecule has 1 heterocycles. The van der Waals surface area contributed by atoms with Crippen LogP contribution in [0.3, 0.4) is 0 Å². The number of amides is 1. The molecule has 1 unspecified atom stereocenters. The molecule has 5 nitrogen and oxygen atoms in total. The normalized spacial score (nSPS) is 24.9. The van der Waals surface area contributed by atoms with Crippen LogP contribution in [0.15, 0.2) is 11.5 Å². The Morgan fingerprint density at radius 1 is 1.57 bits per heavy atom. The molecule has 0 saturated carbocycles. The highest BCUT2D eigenvalue weighted by Crippen LogP contribution is 2.08. The Labute approximate surface area is 83.3 Å². The summed E-state index contributed by atoms with van der Waals surface area (Å²) in [6.07, 6.45) is 1.46. The molecule has 0 aromatic carbocycles. The maximum atomic E-state index is 11.4. The van der Waals surface area contributed by atoms with Gasteiger partial charge in [-0.05, 0) is 19.9 Å². The zero-order chi connectivity index (χ0) is 11.0. The fourth-order valence-corrected chi connectivity index (χ4v) is 2.26. The Hall–Kier alpha value is -0.880. The van der Waals surface area contributed by atoms with E-state index in [1.54, 1.807) is 13.8 Å². The SMILES string of the molecule is CC(C)(N)C(=O)NC1C=CS(=O)(=O)C1. The van der Waals surface area contributed by atoms with Gasteiger partial charge in [-0.25, -0.2) is 8.42 Å². The Bertz CT molecular complexity index is 365. The summed E-state index contributed by atoms with van der Waals surface area (Å²) in [5.41, 5.74) is 4.55. The second-order valence-electron chi connectivity index (χ2n) is 3.96. The lowest BCUT2D eigenvalue weighted by molar-refractivity contribution is -0.125. The molecule has 14 heavy (non-hydrogen) atoms. The maximum Gasteiger partial charge on any atom is 0.240 e. The number of hydrogen-bond acceptors (Lipinski definition) is 4. The van der Waals surface area contributed by atoms with Gasteiger partial charge in [-0.3, -0.25) is 4.79 Å². The highest BCUT2D eigenvalue weighted by molar-refractivity contribution is 7.94. The molecule has 3 N–H and O–H groups in total. The van der Waals surface area contributed by atoms with E-state index in [2.05, 4.69) is 5.32 Å². The number of carbonyl (C=O) groups is 1. The van der Waals surface area contributed by atoms with Crippen LogP contribution < -0.4 is 11.1 Å². The van der Waals surface area contributed by atoms with Gasteiger partial charge in [0.25, 0.3) is 0 Å². The highest BCUT2D eigenvalue weighted by Gasteiger charge is 2.28. The Balaban J connectivity index is 2.58. The molecule has 0 aliphatic carbocycles. The largest absolute Gasteiger partial charge is 0.347 e. The van der Waals surface area contributed by atoms with Crippen molar-refractivity contribution in [3.63, 3.8) is 0 Å². The van der Waals surface area contributed by atoms with Crippen LogP contribution in [0.1, 0.15) is 13.8 Å². The van der Waals surface area contributed by atoms with Crippen molar-refractivity contribution >= 4 is 15.7 Å². The van der Waals surface area contributed by atoms with Crippen LogP contribution in [-0.4, -0.2) is 31.7 Å². The molecule has 0 spiro atoms. The van der Waals surface area contributed by atoms with E-state index in [4.69, 9.17) is 5.73 Å². The Morgan fingerprint density at radius 2 is 2.14 bits per heavy atom. The molecule has 80 valence electrons. The third-order valence-corrected chi connectivity index (χ3v) is 3.23. The molecule has 0 saturated heterocycles. The summed E-state index contributed by atoms with van der Waals surface area (Å²) < 4.78 is 22.0. The van der Waals surface area contributed by atoms with Crippen LogP contribution in [0.25, 0.3) is 0 Å². The zero-order valence-electron chi connectivity index (χ0n) is 8.15. The molecule has 0 aromatic rings. The van der Waals surface area contributed by atoms with Crippen molar-refractivity contribution in [1.29, 1.82) is 0 Å². The van der Waals surface area contributed by atoms with Crippen LogP contribution in [-0.2, 0) is 14.6 Å². The van der Waals surface area contributed by atoms with Crippen LogP contribution in [0, 0.1) is 0 Å². The predicted octanol–water partition coefficient (Wildman–Crippen LogP) is -0.849. The monoisotopic (exact) mass is 218 g/mol. The molecular weight excluding hydrogens is 204 g/mol. The minimum Gasteiger partial charge on any atom is -0.347 e. The van der Waals surface area contributed by atoms with E-state index >= 15 is 0 Å². The number of nitrogens with two attached hydrogens (primary N) is 1. The van der Waals surface area contributed by atoms with Gasteiger partial charge in [-0.1, -0.05) is 0 Å². The quantitative estimate of drug-likeness (QED) is 0.632. The summed E-state index contributed by atoms with van der Waals surface area (Å²) in [6, 6.07) is -0.449. The van der Waals surface area contributed by atoms with Crippen molar-refractivity contribution in [1.82, 2.24) is 5.32 Å². The van der Waals surface area contributed by atoms with E-state index in [0.29, 0.717) is 0 Å². The first-order chi connectivity index (χ1) is 6.21. The topological polar surface area (TPSA) is 89.3 Å². The molecule has 0 fully saturated rings. The first kappa shape index (κ1) is 11.2. The standard InChI is InChI=1S/C8H14N2O3S/c1-8(2,9)7(11)10-6-3-4-14(12,13)5-6/h3-4,6H,5,9H2,1-2H3,(H,10,11). The van der Waals surface area contributed by atoms with Crippen molar-refractivity contribution < 1.29 is 13.2 Å². The molecule has 0 radical (unpaired) electrons. The van der Waals surface area contributed by atoms with Crippen molar-refractivity contribution in [3.8, 4) is 0 Å². The summed E-state index contributed by atoms with van der Waals surface area (Å²) in [5.74, 6) is -0.432. The van der Waals surface area contributed by atoms with Crippen molar-refractivity contribution in [3.05, 3.63) is 11.5 Å². The van der Waals surface area contributed by atoms with Gasteiger partial charge in [-0.2, -0.15) is 0 Å². The molecular formula is C8H14N2O3S. The fourth-order valence-electron chi connectivity index (χ4n) is 1.02. The molecule has 1 rings (SSSR count). The molecule has 1 aliphatic rings. The molecule has 0 bridgehead atoms. The molecule has 1 amide bonds. The summed E-state index contributed by atoms with van der Waals surface area (Å²) in [7, 11) is -3.12. The van der Waals surface area contributed by atoms with Gasteiger partial charge in [0.2, 0.25) is 5.91 Å². The van der Waals surface area contributed by atoms with Gasteiger partial charge < -0.3 is 11.1 Å². The van der Waals surface area contributed by atoms with Crippen molar-refractivity contribution in [2.75, 3.05) is 5.75 Å². The number of nitrogens with one attached hydrogen (secondary N) is 1. The average Bonchev–Trinajstić information content (AvgIpc) is 2.28. The first-order valence-corrected chi connectivity index (χ1v) is 5.93. The van der Waals surface area contributed by atoms with E-state index in [1.807, 2.05) is 0 Å². The predicted molar refractivity (Wildman–Crippen MR) is 53.1 cm³/mol. The number of rotatable bonds is 2. The van der Waals surface area contributed by atoms with E-state index < -0.39 is 21.4 Å². The molecule has 1 aliphatic heterocycles. The van der Waals surface area contributed by atoms with Crippen LogP contribution in [0.4, 0.5) is 0 Å². The van der Waals surface area contributed by atoms with Gasteiger partial charge in [0, 0.05) is 5.41 Å². The second-order valence-corrected chi connectivity index (χ2v) is 5.89. The zero-order valence-corrected chi connectivity index (χ0v) is 8.97. The molecule has 1 atom stereocenters. The fraction of sp³-hybridized carbons (Fsp3) is 0.625. The summed E-state index contributed by atoms with van der Waals surface area (Å²) in [5, 5.41) is 3.66. The van der Waals surface area contributed by atoms with Crippen molar-refractivity contribution in [2.24, 2.45) is 5.73 Å². The van der Waals surface area contributed by atoms with Gasteiger partial charge in [0.1, 0.15) is 0 Å². The van der Waals surface area contributed by atoms with Gasteiger partial charge in [0.05, 0.1) is 17.3 Å². The molecule has 6 heteroatoms. The third-order valence-electron chi connectivity index (χ3n) is 1.83. The maximum absolute atomic E-state index is 11.4. The Kier molecular flexibility index (Phi) is 2.69. The van der Waals surface area contributed by atoms with Gasteiger partial charge in [0.15, 0.2) is 9.84 Å². The minimum atomic E-state index is -3.12. The first-order valence-electron chi connectivity index (χ1n) is 4.21. The van der Waals surface area contributed by atoms with Crippen LogP contribution in [0.2, 0.25) is 0 Å². The molecule has 0 aromatic heterocycles. The number of carbonyl (C=O) groups excluding carboxylic acids is 1. The van der Waals surface area contributed by atoms with Crippen molar-refractivity contribution in [2.45, 2.75) is 25.4 Å². The summed E-state index contributed by atoms with van der Waals surface area (Å²) in [4.78, 5) is 11.4. The van der Waals surface area contributed by atoms with E-state index in [1.165, 1.54) is 6.08 Å². The van der Waals surface area contributed by atoms with E-state index in [0.717, 1.165) is 5.41 Å². The van der Waals surface area contributed by atoms with E-state index in [9.17, 15) is 13.2 Å². The number of sulfone groups is 1. The lowest BCUT2D eigenvalue weighted by Gasteiger charge is -2.20. The minimum absolute atomic E-state index is 0.0746. The highest BCUT2D eigenvalue weighted by atomic mass is 32.2.